The van der Waals surface area contributed by atoms with E-state index < -0.39 is 35.8 Å². The standard InChI is InChI=1S/C26H23ClF3N7O4/c1-13(38)25(40)36-8-9-41-17(12-36)23-35-20(21-22(31)33-11-18(27)37(21)23)14-2-4-15(5-3-14)24(39)34-19-10-16(6-7-32-19)26(28,29)30/h2-7,10-11,13,17,38H,8-9,12H2,1H3,(H2,31,33)(H,32,34,39)/t13-,17?/m1/s1. The van der Waals surface area contributed by atoms with E-state index in [0.29, 0.717) is 29.1 Å². The number of hydrogen-bond acceptors (Lipinski definition) is 8. The maximum atomic E-state index is 13.0. The zero-order valence-electron chi connectivity index (χ0n) is 21.4. The van der Waals surface area contributed by atoms with Crippen LogP contribution >= 0.6 is 11.6 Å². The van der Waals surface area contributed by atoms with Crippen molar-refractivity contribution in [1.82, 2.24) is 24.3 Å². The lowest BCUT2D eigenvalue weighted by Gasteiger charge is -2.33. The number of benzene rings is 1. The number of nitrogens with one attached hydrogen (secondary N) is 1. The summed E-state index contributed by atoms with van der Waals surface area (Å²) < 4.78 is 46.5. The number of nitrogen functional groups attached to an aromatic ring is 1. The van der Waals surface area contributed by atoms with Crippen molar-refractivity contribution in [3.63, 3.8) is 0 Å². The molecule has 5 rings (SSSR count). The van der Waals surface area contributed by atoms with Crippen LogP contribution in [0.2, 0.25) is 5.15 Å². The molecule has 15 heteroatoms. The Morgan fingerprint density at radius 3 is 2.63 bits per heavy atom. The van der Waals surface area contributed by atoms with Crippen molar-refractivity contribution >= 4 is 40.6 Å². The van der Waals surface area contributed by atoms with E-state index in [2.05, 4.69) is 15.3 Å². The van der Waals surface area contributed by atoms with Gasteiger partial charge in [-0.15, -0.1) is 0 Å². The first-order valence-corrected chi connectivity index (χ1v) is 12.7. The molecular formula is C26H23ClF3N7O4. The van der Waals surface area contributed by atoms with Gasteiger partial charge in [0.2, 0.25) is 0 Å². The summed E-state index contributed by atoms with van der Waals surface area (Å²) in [5.74, 6) is -0.881. The average molecular weight is 590 g/mol. The first kappa shape index (κ1) is 28.3. The van der Waals surface area contributed by atoms with Crippen LogP contribution in [0.5, 0.6) is 0 Å². The van der Waals surface area contributed by atoms with Crippen LogP contribution in [0.1, 0.15) is 34.8 Å². The van der Waals surface area contributed by atoms with Gasteiger partial charge in [0.05, 0.1) is 24.9 Å². The summed E-state index contributed by atoms with van der Waals surface area (Å²) in [4.78, 5) is 39.2. The number of nitrogens with two attached hydrogens (primary N) is 1. The van der Waals surface area contributed by atoms with Gasteiger partial charge >= 0.3 is 6.18 Å². The number of alkyl halides is 3. The summed E-state index contributed by atoms with van der Waals surface area (Å²) in [7, 11) is 0. The molecule has 11 nitrogen and oxygen atoms in total. The third kappa shape index (κ3) is 5.66. The Bertz CT molecular complexity index is 1630. The van der Waals surface area contributed by atoms with Gasteiger partial charge in [-0.25, -0.2) is 15.0 Å². The molecule has 1 aromatic carbocycles. The third-order valence-electron chi connectivity index (χ3n) is 6.44. The molecule has 4 aromatic rings. The Morgan fingerprint density at radius 2 is 1.95 bits per heavy atom. The second kappa shape index (κ2) is 11.0. The normalized spacial score (nSPS) is 16.5. The van der Waals surface area contributed by atoms with Crippen molar-refractivity contribution in [3.05, 3.63) is 70.9 Å². The highest BCUT2D eigenvalue weighted by molar-refractivity contribution is 6.30. The number of aromatic nitrogens is 4. The third-order valence-corrected chi connectivity index (χ3v) is 6.71. The molecule has 41 heavy (non-hydrogen) atoms. The highest BCUT2D eigenvalue weighted by Gasteiger charge is 2.33. The van der Waals surface area contributed by atoms with E-state index >= 15 is 0 Å². The van der Waals surface area contributed by atoms with Gasteiger partial charge in [0.1, 0.15) is 46.0 Å². The zero-order chi connectivity index (χ0) is 29.5. The molecule has 1 unspecified atom stereocenters. The van der Waals surface area contributed by atoms with Gasteiger partial charge < -0.3 is 25.8 Å². The molecule has 0 aliphatic carbocycles. The number of amides is 2. The number of anilines is 2. The van der Waals surface area contributed by atoms with Crippen molar-refractivity contribution in [2.24, 2.45) is 0 Å². The topological polar surface area (TPSA) is 148 Å². The predicted octanol–water partition coefficient (Wildman–Crippen LogP) is 3.58. The quantitative estimate of drug-likeness (QED) is 0.320. The fourth-order valence-corrected chi connectivity index (χ4v) is 4.68. The van der Waals surface area contributed by atoms with Crippen LogP contribution in [0.25, 0.3) is 16.8 Å². The summed E-state index contributed by atoms with van der Waals surface area (Å²) >= 11 is 6.49. The number of halogens is 4. The summed E-state index contributed by atoms with van der Waals surface area (Å²) in [6.45, 7) is 2.01. The van der Waals surface area contributed by atoms with Crippen LogP contribution in [-0.2, 0) is 15.7 Å². The lowest BCUT2D eigenvalue weighted by Crippen LogP contribution is -2.46. The van der Waals surface area contributed by atoms with Crippen molar-refractivity contribution in [1.29, 1.82) is 0 Å². The molecule has 2 atom stereocenters. The molecule has 0 bridgehead atoms. The van der Waals surface area contributed by atoms with Crippen molar-refractivity contribution in [2.45, 2.75) is 25.3 Å². The number of carbonyl (C=O) groups excluding carboxylic acids is 2. The monoisotopic (exact) mass is 589 g/mol. The molecule has 1 aliphatic rings. The second-order valence-corrected chi connectivity index (χ2v) is 9.63. The van der Waals surface area contributed by atoms with Crippen LogP contribution in [0, 0.1) is 0 Å². The minimum atomic E-state index is -4.58. The molecular weight excluding hydrogens is 567 g/mol. The van der Waals surface area contributed by atoms with Crippen molar-refractivity contribution in [2.75, 3.05) is 30.7 Å². The second-order valence-electron chi connectivity index (χ2n) is 9.25. The predicted molar refractivity (Wildman–Crippen MR) is 142 cm³/mol. The Kier molecular flexibility index (Phi) is 7.55. The summed E-state index contributed by atoms with van der Waals surface area (Å²) in [5, 5.41) is 12.3. The van der Waals surface area contributed by atoms with E-state index in [9.17, 15) is 27.9 Å². The van der Waals surface area contributed by atoms with Crippen molar-refractivity contribution < 1.29 is 32.6 Å². The smallest absolute Gasteiger partial charge is 0.384 e. The highest BCUT2D eigenvalue weighted by Crippen LogP contribution is 2.35. The van der Waals surface area contributed by atoms with E-state index in [1.54, 1.807) is 16.5 Å². The molecule has 0 saturated carbocycles. The fourth-order valence-electron chi connectivity index (χ4n) is 4.46. The van der Waals surface area contributed by atoms with E-state index in [1.807, 2.05) is 0 Å². The Labute approximate surface area is 235 Å². The average Bonchev–Trinajstić information content (AvgIpc) is 3.36. The maximum absolute atomic E-state index is 13.0. The molecule has 1 aliphatic heterocycles. The molecule has 4 heterocycles. The summed E-state index contributed by atoms with van der Waals surface area (Å²) in [5.41, 5.74) is 6.71. The van der Waals surface area contributed by atoms with Crippen molar-refractivity contribution in [3.8, 4) is 11.3 Å². The SMILES string of the molecule is C[C@@H](O)C(=O)N1CCOC(c2nc(-c3ccc(C(=O)Nc4cc(C(F)(F)F)ccn4)cc3)c3c(N)ncc(Cl)n23)C1. The molecule has 4 N–H and O–H groups in total. The number of pyridine rings is 1. The van der Waals surface area contributed by atoms with Gasteiger partial charge in [-0.2, -0.15) is 13.2 Å². The maximum Gasteiger partial charge on any atom is 0.416 e. The minimum Gasteiger partial charge on any atom is -0.384 e. The molecule has 1 fully saturated rings. The fraction of sp³-hybridized carbons (Fsp3) is 0.269. The van der Waals surface area contributed by atoms with E-state index in [0.717, 1.165) is 18.3 Å². The lowest BCUT2D eigenvalue weighted by molar-refractivity contribution is -0.147. The van der Waals surface area contributed by atoms with Gasteiger partial charge in [-0.05, 0) is 31.2 Å². The van der Waals surface area contributed by atoms with Crippen LogP contribution in [0.4, 0.5) is 24.8 Å². The summed E-state index contributed by atoms with van der Waals surface area (Å²) in [6.07, 6.45) is -4.14. The van der Waals surface area contributed by atoms with Crippen LogP contribution in [0.15, 0.2) is 48.8 Å². The largest absolute Gasteiger partial charge is 0.416 e. The number of aliphatic hydroxyl groups is 1. The first-order chi connectivity index (χ1) is 19.4. The van der Waals surface area contributed by atoms with Gasteiger partial charge in [-0.3, -0.25) is 14.0 Å². The number of rotatable bonds is 5. The molecule has 1 saturated heterocycles. The Balaban J connectivity index is 1.46. The van der Waals surface area contributed by atoms with Crippen LogP contribution in [-0.4, -0.2) is 67.0 Å². The number of nitrogens with zero attached hydrogens (tertiary/aromatic N) is 5. The number of imidazole rings is 1. The van der Waals surface area contributed by atoms with Gasteiger partial charge in [0.15, 0.2) is 0 Å². The molecule has 0 spiro atoms. The summed E-state index contributed by atoms with van der Waals surface area (Å²) in [6, 6.07) is 7.67. The zero-order valence-corrected chi connectivity index (χ0v) is 22.1. The molecule has 214 valence electrons. The van der Waals surface area contributed by atoms with Crippen LogP contribution < -0.4 is 11.1 Å². The van der Waals surface area contributed by atoms with Gasteiger partial charge in [0, 0.05) is 23.9 Å². The van der Waals surface area contributed by atoms with E-state index in [-0.39, 0.29) is 35.5 Å². The van der Waals surface area contributed by atoms with Gasteiger partial charge in [-0.1, -0.05) is 23.7 Å². The minimum absolute atomic E-state index is 0.115. The Hall–Kier alpha value is -4.27. The molecule has 3 aromatic heterocycles. The van der Waals surface area contributed by atoms with E-state index in [1.165, 1.54) is 30.2 Å². The number of fused-ring (bicyclic) bond motifs is 1. The van der Waals surface area contributed by atoms with Gasteiger partial charge in [0.25, 0.3) is 11.8 Å². The molecule has 0 radical (unpaired) electrons. The molecule has 2 amide bonds. The number of hydrogen-bond donors (Lipinski definition) is 3. The number of carbonyl (C=O) groups is 2. The first-order valence-electron chi connectivity index (χ1n) is 12.3. The number of ether oxygens (including phenoxy) is 1. The Morgan fingerprint density at radius 1 is 1.22 bits per heavy atom. The number of aliphatic hydroxyl groups excluding tert-OH is 1. The number of morpholine rings is 1. The van der Waals surface area contributed by atoms with E-state index in [4.69, 9.17) is 27.1 Å². The lowest BCUT2D eigenvalue weighted by atomic mass is 10.1. The van der Waals surface area contributed by atoms with Crippen LogP contribution in [0.3, 0.4) is 0 Å². The highest BCUT2D eigenvalue weighted by atomic mass is 35.5.